The zero-order valence-electron chi connectivity index (χ0n) is 16.1. The Hall–Kier alpha value is -2.56. The highest BCUT2D eigenvalue weighted by atomic mass is 16.2. The number of carbonyl (C=O) groups excluding carboxylic acids is 2. The van der Waals surface area contributed by atoms with E-state index in [0.29, 0.717) is 25.9 Å². The number of hydrogen-bond acceptors (Lipinski definition) is 2. The zero-order chi connectivity index (χ0) is 19.1. The summed E-state index contributed by atoms with van der Waals surface area (Å²) < 4.78 is 0. The molecule has 3 rings (SSSR count). The molecule has 1 saturated heterocycles. The van der Waals surface area contributed by atoms with Crippen LogP contribution in [0.25, 0.3) is 0 Å². The first-order chi connectivity index (χ1) is 13.2. The fourth-order valence-electron chi connectivity index (χ4n) is 3.52. The van der Waals surface area contributed by atoms with E-state index in [2.05, 4.69) is 36.2 Å². The van der Waals surface area contributed by atoms with Crippen LogP contribution >= 0.6 is 0 Å². The monoisotopic (exact) mass is 367 g/mol. The maximum Gasteiger partial charge on any atom is 0.228 e. The van der Waals surface area contributed by atoms with Gasteiger partial charge in [-0.3, -0.25) is 9.59 Å². The topological polar surface area (TPSA) is 56.4 Å². The largest absolute Gasteiger partial charge is 0.365 e. The van der Waals surface area contributed by atoms with Gasteiger partial charge in [0.25, 0.3) is 0 Å². The van der Waals surface area contributed by atoms with E-state index in [9.17, 15) is 9.59 Å². The standard InChI is InChI=1S/C22H29N3O2/c1-2-18-6-8-19(9-7-18)10-11-21(26)24-13-4-14-25(16-15-24)22(27)17-20-5-3-12-23-20/h3,5-9,12,23H,2,4,10-11,13-17H2,1H3. The van der Waals surface area contributed by atoms with Crippen molar-refractivity contribution in [2.45, 2.75) is 39.0 Å². The van der Waals surface area contributed by atoms with Crippen LogP contribution in [0.1, 0.15) is 36.6 Å². The summed E-state index contributed by atoms with van der Waals surface area (Å²) in [4.78, 5) is 31.9. The van der Waals surface area contributed by atoms with Crippen molar-refractivity contribution in [3.05, 3.63) is 59.4 Å². The van der Waals surface area contributed by atoms with Gasteiger partial charge in [0.15, 0.2) is 0 Å². The molecule has 0 bridgehead atoms. The Kier molecular flexibility index (Phi) is 6.69. The van der Waals surface area contributed by atoms with Crippen LogP contribution in [0.15, 0.2) is 42.6 Å². The van der Waals surface area contributed by atoms with E-state index in [0.717, 1.165) is 38.0 Å². The van der Waals surface area contributed by atoms with Crippen LogP contribution in [0.5, 0.6) is 0 Å². The van der Waals surface area contributed by atoms with Gasteiger partial charge in [0.2, 0.25) is 11.8 Å². The van der Waals surface area contributed by atoms with Gasteiger partial charge >= 0.3 is 0 Å². The van der Waals surface area contributed by atoms with Gasteiger partial charge in [-0.05, 0) is 42.5 Å². The first-order valence-electron chi connectivity index (χ1n) is 9.91. The fraction of sp³-hybridized carbons (Fsp3) is 0.455. The van der Waals surface area contributed by atoms with Gasteiger partial charge in [0.05, 0.1) is 6.42 Å². The molecule has 2 aromatic rings. The molecule has 2 amide bonds. The number of rotatable bonds is 6. The number of aromatic nitrogens is 1. The second-order valence-electron chi connectivity index (χ2n) is 7.16. The molecule has 0 atom stereocenters. The molecule has 1 N–H and O–H groups in total. The number of carbonyl (C=O) groups is 2. The Morgan fingerprint density at radius 3 is 2.22 bits per heavy atom. The minimum Gasteiger partial charge on any atom is -0.365 e. The highest BCUT2D eigenvalue weighted by Crippen LogP contribution is 2.11. The molecule has 0 radical (unpaired) electrons. The molecule has 2 heterocycles. The molecule has 0 aliphatic carbocycles. The quantitative estimate of drug-likeness (QED) is 0.854. The third-order valence-electron chi connectivity index (χ3n) is 5.26. The van der Waals surface area contributed by atoms with E-state index in [1.54, 1.807) is 0 Å². The van der Waals surface area contributed by atoms with Crippen LogP contribution in [-0.2, 0) is 28.9 Å². The average molecular weight is 367 g/mol. The highest BCUT2D eigenvalue weighted by molar-refractivity contribution is 5.79. The molecule has 1 aromatic heterocycles. The van der Waals surface area contributed by atoms with E-state index >= 15 is 0 Å². The van der Waals surface area contributed by atoms with Crippen molar-refractivity contribution in [3.63, 3.8) is 0 Å². The predicted octanol–water partition coefficient (Wildman–Crippen LogP) is 2.81. The van der Waals surface area contributed by atoms with Crippen molar-refractivity contribution >= 4 is 11.8 Å². The van der Waals surface area contributed by atoms with Gasteiger partial charge in [-0.15, -0.1) is 0 Å². The van der Waals surface area contributed by atoms with Crippen molar-refractivity contribution in [1.82, 2.24) is 14.8 Å². The number of aryl methyl sites for hydroxylation is 2. The maximum absolute atomic E-state index is 12.6. The molecule has 27 heavy (non-hydrogen) atoms. The Labute approximate surface area is 161 Å². The van der Waals surface area contributed by atoms with Crippen LogP contribution in [-0.4, -0.2) is 52.8 Å². The van der Waals surface area contributed by atoms with Crippen LogP contribution in [0.3, 0.4) is 0 Å². The number of hydrogen-bond donors (Lipinski definition) is 1. The molecule has 0 saturated carbocycles. The number of benzene rings is 1. The molecule has 1 fully saturated rings. The second kappa shape index (κ2) is 9.40. The summed E-state index contributed by atoms with van der Waals surface area (Å²) in [6.07, 6.45) is 5.41. The SMILES string of the molecule is CCc1ccc(CCC(=O)N2CCCN(C(=O)Cc3ccc[nH]3)CC2)cc1. The van der Waals surface area contributed by atoms with Crippen molar-refractivity contribution in [2.75, 3.05) is 26.2 Å². The van der Waals surface area contributed by atoms with Crippen molar-refractivity contribution < 1.29 is 9.59 Å². The number of aromatic amines is 1. The molecule has 5 heteroatoms. The molecule has 144 valence electrons. The fourth-order valence-corrected chi connectivity index (χ4v) is 3.52. The van der Waals surface area contributed by atoms with Crippen molar-refractivity contribution in [1.29, 1.82) is 0 Å². The number of amides is 2. The van der Waals surface area contributed by atoms with Gasteiger partial charge in [-0.2, -0.15) is 0 Å². The third kappa shape index (κ3) is 5.46. The number of nitrogens with one attached hydrogen (secondary N) is 1. The zero-order valence-corrected chi connectivity index (χ0v) is 16.1. The maximum atomic E-state index is 12.6. The summed E-state index contributed by atoms with van der Waals surface area (Å²) >= 11 is 0. The molecule has 5 nitrogen and oxygen atoms in total. The van der Waals surface area contributed by atoms with Gasteiger partial charge in [-0.1, -0.05) is 31.2 Å². The first kappa shape index (κ1) is 19.2. The summed E-state index contributed by atoms with van der Waals surface area (Å²) in [5, 5.41) is 0. The molecule has 1 aliphatic heterocycles. The normalized spacial score (nSPS) is 14.9. The van der Waals surface area contributed by atoms with E-state index in [1.807, 2.05) is 28.1 Å². The van der Waals surface area contributed by atoms with E-state index < -0.39 is 0 Å². The van der Waals surface area contributed by atoms with Crippen LogP contribution in [0, 0.1) is 0 Å². The lowest BCUT2D eigenvalue weighted by Crippen LogP contribution is -2.38. The van der Waals surface area contributed by atoms with Crippen molar-refractivity contribution in [3.8, 4) is 0 Å². The Morgan fingerprint density at radius 1 is 0.926 bits per heavy atom. The first-order valence-corrected chi connectivity index (χ1v) is 9.91. The lowest BCUT2D eigenvalue weighted by Gasteiger charge is -2.22. The minimum atomic E-state index is 0.128. The molecule has 0 unspecified atom stereocenters. The van der Waals surface area contributed by atoms with Gasteiger partial charge < -0.3 is 14.8 Å². The Balaban J connectivity index is 1.46. The van der Waals surface area contributed by atoms with E-state index in [1.165, 1.54) is 11.1 Å². The lowest BCUT2D eigenvalue weighted by atomic mass is 10.1. The molecule has 0 spiro atoms. The van der Waals surface area contributed by atoms with Crippen LogP contribution in [0.2, 0.25) is 0 Å². The highest BCUT2D eigenvalue weighted by Gasteiger charge is 2.22. The van der Waals surface area contributed by atoms with Crippen molar-refractivity contribution in [2.24, 2.45) is 0 Å². The lowest BCUT2D eigenvalue weighted by molar-refractivity contribution is -0.133. The summed E-state index contributed by atoms with van der Waals surface area (Å²) in [5.41, 5.74) is 3.46. The second-order valence-corrected chi connectivity index (χ2v) is 7.16. The third-order valence-corrected chi connectivity index (χ3v) is 5.26. The summed E-state index contributed by atoms with van der Waals surface area (Å²) in [7, 11) is 0. The summed E-state index contributed by atoms with van der Waals surface area (Å²) in [6, 6.07) is 12.4. The molecule has 1 aromatic carbocycles. The minimum absolute atomic E-state index is 0.128. The summed E-state index contributed by atoms with van der Waals surface area (Å²) in [6.45, 7) is 4.85. The Bertz CT molecular complexity index is 737. The molecule has 1 aliphatic rings. The number of H-pyrrole nitrogens is 1. The van der Waals surface area contributed by atoms with Gasteiger partial charge in [0.1, 0.15) is 0 Å². The van der Waals surface area contributed by atoms with Crippen LogP contribution < -0.4 is 0 Å². The summed E-state index contributed by atoms with van der Waals surface area (Å²) in [5.74, 6) is 0.316. The molecular formula is C22H29N3O2. The average Bonchev–Trinajstić information content (AvgIpc) is 3.07. The van der Waals surface area contributed by atoms with Crippen LogP contribution in [0.4, 0.5) is 0 Å². The van der Waals surface area contributed by atoms with E-state index in [4.69, 9.17) is 0 Å². The number of nitrogens with zero attached hydrogens (tertiary/aromatic N) is 2. The smallest absolute Gasteiger partial charge is 0.228 e. The predicted molar refractivity (Wildman–Crippen MR) is 106 cm³/mol. The molecular weight excluding hydrogens is 338 g/mol. The Morgan fingerprint density at radius 2 is 1.59 bits per heavy atom. The van der Waals surface area contributed by atoms with Gasteiger partial charge in [0, 0.05) is 44.5 Å². The van der Waals surface area contributed by atoms with E-state index in [-0.39, 0.29) is 11.8 Å². The van der Waals surface area contributed by atoms with Gasteiger partial charge in [-0.25, -0.2) is 0 Å².